The first-order chi connectivity index (χ1) is 10.7. The molecule has 0 aromatic heterocycles. The summed E-state index contributed by atoms with van der Waals surface area (Å²) < 4.78 is 0. The smallest absolute Gasteiger partial charge is 0.252 e. The lowest BCUT2D eigenvalue weighted by Gasteiger charge is -2.24. The van der Waals surface area contributed by atoms with Gasteiger partial charge in [0.15, 0.2) is 0 Å². The molecule has 4 heteroatoms. The molecule has 2 aromatic carbocycles. The number of hydrogen-bond donors (Lipinski definition) is 2. The van der Waals surface area contributed by atoms with Crippen LogP contribution in [-0.2, 0) is 17.6 Å². The van der Waals surface area contributed by atoms with Gasteiger partial charge >= 0.3 is 0 Å². The molecule has 0 saturated carbocycles. The Morgan fingerprint density at radius 3 is 2.64 bits per heavy atom. The lowest BCUT2D eigenvalue weighted by Crippen LogP contribution is -2.48. The number of amides is 2. The third-order valence-corrected chi connectivity index (χ3v) is 3.94. The van der Waals surface area contributed by atoms with Gasteiger partial charge in [0, 0.05) is 17.7 Å². The van der Waals surface area contributed by atoms with E-state index < -0.39 is 6.04 Å². The summed E-state index contributed by atoms with van der Waals surface area (Å²) in [5, 5.41) is 5.62. The SMILES string of the molecule is CCc1ccc(NC(=O)C2Cc3ccccc3C(=O)N2)cc1. The molecule has 1 aliphatic heterocycles. The summed E-state index contributed by atoms with van der Waals surface area (Å²) in [4.78, 5) is 24.4. The average Bonchev–Trinajstić information content (AvgIpc) is 2.55. The molecule has 3 rings (SSSR count). The van der Waals surface area contributed by atoms with Crippen LogP contribution in [0.3, 0.4) is 0 Å². The molecule has 1 heterocycles. The van der Waals surface area contributed by atoms with Crippen LogP contribution in [0.25, 0.3) is 0 Å². The Bertz CT molecular complexity index is 707. The van der Waals surface area contributed by atoms with Crippen LogP contribution >= 0.6 is 0 Å². The number of rotatable bonds is 3. The zero-order valence-electron chi connectivity index (χ0n) is 12.4. The maximum atomic E-state index is 12.4. The zero-order chi connectivity index (χ0) is 15.5. The number of fused-ring (bicyclic) bond motifs is 1. The van der Waals surface area contributed by atoms with Crippen LogP contribution in [0.1, 0.15) is 28.4 Å². The quantitative estimate of drug-likeness (QED) is 0.914. The van der Waals surface area contributed by atoms with E-state index in [1.807, 2.05) is 42.5 Å². The first kappa shape index (κ1) is 14.3. The fourth-order valence-electron chi connectivity index (χ4n) is 2.64. The fraction of sp³-hybridized carbons (Fsp3) is 0.222. The van der Waals surface area contributed by atoms with Crippen LogP contribution in [0.15, 0.2) is 48.5 Å². The molecule has 2 N–H and O–H groups in total. The molecular formula is C18H18N2O2. The Labute approximate surface area is 129 Å². The molecule has 112 valence electrons. The second kappa shape index (κ2) is 6.02. The summed E-state index contributed by atoms with van der Waals surface area (Å²) in [5.74, 6) is -0.379. The highest BCUT2D eigenvalue weighted by atomic mass is 16.2. The van der Waals surface area contributed by atoms with Crippen molar-refractivity contribution in [2.24, 2.45) is 0 Å². The molecule has 1 atom stereocenters. The molecule has 0 aliphatic carbocycles. The van der Waals surface area contributed by atoms with E-state index in [2.05, 4.69) is 17.6 Å². The van der Waals surface area contributed by atoms with Gasteiger partial charge in [0.2, 0.25) is 5.91 Å². The van der Waals surface area contributed by atoms with E-state index in [0.29, 0.717) is 12.0 Å². The lowest BCUT2D eigenvalue weighted by atomic mass is 9.95. The number of aryl methyl sites for hydroxylation is 1. The molecule has 1 aliphatic rings. The Balaban J connectivity index is 1.72. The highest BCUT2D eigenvalue weighted by Crippen LogP contribution is 2.18. The molecule has 0 fully saturated rings. The van der Waals surface area contributed by atoms with E-state index in [0.717, 1.165) is 17.7 Å². The second-order valence-electron chi connectivity index (χ2n) is 5.43. The summed E-state index contributed by atoms with van der Waals surface area (Å²) >= 11 is 0. The van der Waals surface area contributed by atoms with Crippen molar-refractivity contribution in [1.82, 2.24) is 5.32 Å². The van der Waals surface area contributed by atoms with E-state index in [4.69, 9.17) is 0 Å². The van der Waals surface area contributed by atoms with Gasteiger partial charge < -0.3 is 10.6 Å². The van der Waals surface area contributed by atoms with Crippen molar-refractivity contribution < 1.29 is 9.59 Å². The van der Waals surface area contributed by atoms with Crippen molar-refractivity contribution >= 4 is 17.5 Å². The number of carbonyl (C=O) groups is 2. The van der Waals surface area contributed by atoms with E-state index in [1.54, 1.807) is 6.07 Å². The predicted molar refractivity (Wildman–Crippen MR) is 85.8 cm³/mol. The van der Waals surface area contributed by atoms with Gasteiger partial charge in [-0.3, -0.25) is 9.59 Å². The minimum atomic E-state index is -0.534. The molecule has 0 bridgehead atoms. The molecule has 0 radical (unpaired) electrons. The van der Waals surface area contributed by atoms with E-state index >= 15 is 0 Å². The molecular weight excluding hydrogens is 276 g/mol. The summed E-state index contributed by atoms with van der Waals surface area (Å²) in [6.45, 7) is 2.09. The fourth-order valence-corrected chi connectivity index (χ4v) is 2.64. The van der Waals surface area contributed by atoms with Crippen LogP contribution in [0.5, 0.6) is 0 Å². The second-order valence-corrected chi connectivity index (χ2v) is 5.43. The first-order valence-corrected chi connectivity index (χ1v) is 7.46. The third kappa shape index (κ3) is 2.86. The molecule has 2 aromatic rings. The number of nitrogens with one attached hydrogen (secondary N) is 2. The van der Waals surface area contributed by atoms with Crippen molar-refractivity contribution in [3.05, 3.63) is 65.2 Å². The van der Waals surface area contributed by atoms with Gasteiger partial charge in [0.25, 0.3) is 5.91 Å². The Morgan fingerprint density at radius 1 is 1.18 bits per heavy atom. The minimum Gasteiger partial charge on any atom is -0.340 e. The Hall–Kier alpha value is -2.62. The molecule has 0 saturated heterocycles. The number of benzene rings is 2. The van der Waals surface area contributed by atoms with Gasteiger partial charge in [-0.2, -0.15) is 0 Å². The molecule has 2 amide bonds. The molecule has 22 heavy (non-hydrogen) atoms. The van der Waals surface area contributed by atoms with Gasteiger partial charge in [0.05, 0.1) is 0 Å². The van der Waals surface area contributed by atoms with Crippen LogP contribution in [0.2, 0.25) is 0 Å². The number of carbonyl (C=O) groups excluding carboxylic acids is 2. The standard InChI is InChI=1S/C18H18N2O2/c1-2-12-7-9-14(10-8-12)19-18(22)16-11-13-5-3-4-6-15(13)17(21)20-16/h3-10,16H,2,11H2,1H3,(H,19,22)(H,20,21). The summed E-state index contributed by atoms with van der Waals surface area (Å²) in [6.07, 6.45) is 1.48. The van der Waals surface area contributed by atoms with E-state index in [9.17, 15) is 9.59 Å². The van der Waals surface area contributed by atoms with Gasteiger partial charge in [-0.15, -0.1) is 0 Å². The molecule has 1 unspecified atom stereocenters. The highest BCUT2D eigenvalue weighted by Gasteiger charge is 2.28. The van der Waals surface area contributed by atoms with Crippen LogP contribution < -0.4 is 10.6 Å². The predicted octanol–water partition coefficient (Wildman–Crippen LogP) is 2.54. The van der Waals surface area contributed by atoms with Crippen molar-refractivity contribution in [3.63, 3.8) is 0 Å². The number of hydrogen-bond acceptors (Lipinski definition) is 2. The maximum absolute atomic E-state index is 12.4. The maximum Gasteiger partial charge on any atom is 0.252 e. The van der Waals surface area contributed by atoms with Crippen LogP contribution in [-0.4, -0.2) is 17.9 Å². The largest absolute Gasteiger partial charge is 0.340 e. The van der Waals surface area contributed by atoms with Gasteiger partial charge in [-0.1, -0.05) is 37.3 Å². The summed E-state index contributed by atoms with van der Waals surface area (Å²) in [7, 11) is 0. The summed E-state index contributed by atoms with van der Waals surface area (Å²) in [5.41, 5.74) is 3.53. The zero-order valence-corrected chi connectivity index (χ0v) is 12.4. The summed E-state index contributed by atoms with van der Waals surface area (Å²) in [6, 6.07) is 14.6. The molecule has 0 spiro atoms. The van der Waals surface area contributed by atoms with E-state index in [-0.39, 0.29) is 11.8 Å². The van der Waals surface area contributed by atoms with Crippen LogP contribution in [0.4, 0.5) is 5.69 Å². The third-order valence-electron chi connectivity index (χ3n) is 3.94. The first-order valence-electron chi connectivity index (χ1n) is 7.46. The van der Waals surface area contributed by atoms with Gasteiger partial charge in [-0.05, 0) is 35.7 Å². The monoisotopic (exact) mass is 294 g/mol. The van der Waals surface area contributed by atoms with Crippen molar-refractivity contribution in [3.8, 4) is 0 Å². The lowest BCUT2D eigenvalue weighted by molar-refractivity contribution is -0.118. The Kier molecular flexibility index (Phi) is 3.92. The topological polar surface area (TPSA) is 58.2 Å². The average molecular weight is 294 g/mol. The normalized spacial score (nSPS) is 16.6. The molecule has 4 nitrogen and oxygen atoms in total. The van der Waals surface area contributed by atoms with Crippen molar-refractivity contribution in [1.29, 1.82) is 0 Å². The van der Waals surface area contributed by atoms with E-state index in [1.165, 1.54) is 5.56 Å². The van der Waals surface area contributed by atoms with Crippen molar-refractivity contribution in [2.75, 3.05) is 5.32 Å². The van der Waals surface area contributed by atoms with Crippen molar-refractivity contribution in [2.45, 2.75) is 25.8 Å². The minimum absolute atomic E-state index is 0.188. The highest BCUT2D eigenvalue weighted by molar-refractivity contribution is 6.03. The Morgan fingerprint density at radius 2 is 1.91 bits per heavy atom. The van der Waals surface area contributed by atoms with Gasteiger partial charge in [0.1, 0.15) is 6.04 Å². The van der Waals surface area contributed by atoms with Gasteiger partial charge in [-0.25, -0.2) is 0 Å². The van der Waals surface area contributed by atoms with Crippen LogP contribution in [0, 0.1) is 0 Å². The number of anilines is 1.